The van der Waals surface area contributed by atoms with Crippen molar-refractivity contribution in [2.45, 2.75) is 18.9 Å². The van der Waals surface area contributed by atoms with Crippen molar-refractivity contribution in [1.29, 1.82) is 0 Å². The van der Waals surface area contributed by atoms with Crippen LogP contribution < -0.4 is 5.32 Å². The van der Waals surface area contributed by atoms with Gasteiger partial charge in [-0.25, -0.2) is 13.6 Å². The molecular weight excluding hydrogens is 196 g/mol. The summed E-state index contributed by atoms with van der Waals surface area (Å²) < 4.78 is 28.7. The average molecular weight is 205 g/mol. The smallest absolute Gasteiger partial charge is 0.336 e. The Kier molecular flexibility index (Phi) is 3.16. The van der Waals surface area contributed by atoms with E-state index in [-0.39, 0.29) is 6.42 Å². The molecule has 1 heterocycles. The van der Waals surface area contributed by atoms with Crippen LogP contribution in [0.25, 0.3) is 0 Å². The van der Waals surface area contributed by atoms with E-state index in [4.69, 9.17) is 0 Å². The predicted molar refractivity (Wildman–Crippen MR) is 42.7 cm³/mol. The maximum absolute atomic E-state index is 12.2. The van der Waals surface area contributed by atoms with E-state index in [0.717, 1.165) is 13.2 Å². The molecule has 6 heteroatoms. The van der Waals surface area contributed by atoms with Gasteiger partial charge in [0.1, 0.15) is 0 Å². The summed E-state index contributed by atoms with van der Waals surface area (Å²) in [6, 6.07) is -1.30. The van der Waals surface area contributed by atoms with Gasteiger partial charge in [-0.15, -0.1) is 0 Å². The summed E-state index contributed by atoms with van der Waals surface area (Å²) in [5.74, 6) is -1.32. The van der Waals surface area contributed by atoms with Gasteiger partial charge in [0.2, 0.25) is 0 Å². The molecule has 14 heavy (non-hydrogen) atoms. The van der Waals surface area contributed by atoms with Crippen LogP contribution >= 0.6 is 0 Å². The molecule has 1 atom stereocenters. The molecular formula is C8H9F2NO3. The Morgan fingerprint density at radius 1 is 1.71 bits per heavy atom. The SMILES string of the molecule is COC(=O)C1NC(C(F)F)=CCC1=O. The number of allylic oxidation sites excluding steroid dienone is 2. The highest BCUT2D eigenvalue weighted by Crippen LogP contribution is 2.13. The van der Waals surface area contributed by atoms with Crippen molar-refractivity contribution in [2.75, 3.05) is 7.11 Å². The van der Waals surface area contributed by atoms with Gasteiger partial charge >= 0.3 is 5.97 Å². The van der Waals surface area contributed by atoms with E-state index in [1.807, 2.05) is 0 Å². The van der Waals surface area contributed by atoms with Crippen LogP contribution in [0.2, 0.25) is 0 Å². The first-order chi connectivity index (χ1) is 6.56. The minimum atomic E-state index is -2.71. The second kappa shape index (κ2) is 4.17. The Labute approximate surface area is 78.9 Å². The summed E-state index contributed by atoms with van der Waals surface area (Å²) in [6.07, 6.45) is -1.81. The van der Waals surface area contributed by atoms with E-state index in [1.54, 1.807) is 0 Å². The number of carbonyl (C=O) groups excluding carboxylic acids is 2. The first-order valence-corrected chi connectivity index (χ1v) is 3.91. The number of Topliss-reactive ketones (excluding diaryl/α,β-unsaturated/α-hetero) is 1. The molecule has 0 fully saturated rings. The Morgan fingerprint density at radius 3 is 2.86 bits per heavy atom. The van der Waals surface area contributed by atoms with Gasteiger partial charge in [-0.2, -0.15) is 0 Å². The van der Waals surface area contributed by atoms with Crippen LogP contribution in [0.15, 0.2) is 11.8 Å². The fourth-order valence-corrected chi connectivity index (χ4v) is 1.09. The summed E-state index contributed by atoms with van der Waals surface area (Å²) in [5, 5.41) is 2.14. The molecule has 0 spiro atoms. The maximum Gasteiger partial charge on any atom is 0.336 e. The van der Waals surface area contributed by atoms with Crippen molar-refractivity contribution in [2.24, 2.45) is 0 Å². The van der Waals surface area contributed by atoms with Crippen LogP contribution in [0.1, 0.15) is 6.42 Å². The number of methoxy groups -OCH3 is 1. The van der Waals surface area contributed by atoms with Gasteiger partial charge in [-0.05, 0) is 0 Å². The minimum Gasteiger partial charge on any atom is -0.467 e. The second-order valence-corrected chi connectivity index (χ2v) is 2.73. The lowest BCUT2D eigenvalue weighted by Crippen LogP contribution is -2.47. The molecule has 78 valence electrons. The summed E-state index contributed by atoms with van der Waals surface area (Å²) in [4.78, 5) is 22.1. The third-order valence-electron chi connectivity index (χ3n) is 1.83. The average Bonchev–Trinajstić information content (AvgIpc) is 2.17. The normalized spacial score (nSPS) is 21.6. The van der Waals surface area contributed by atoms with Crippen molar-refractivity contribution in [3.8, 4) is 0 Å². The van der Waals surface area contributed by atoms with E-state index in [1.165, 1.54) is 0 Å². The van der Waals surface area contributed by atoms with Gasteiger partial charge in [-0.1, -0.05) is 6.08 Å². The molecule has 0 saturated heterocycles. The van der Waals surface area contributed by atoms with Gasteiger partial charge in [-0.3, -0.25) is 4.79 Å². The molecule has 4 nitrogen and oxygen atoms in total. The molecule has 0 aromatic carbocycles. The highest BCUT2D eigenvalue weighted by molar-refractivity contribution is 6.04. The van der Waals surface area contributed by atoms with Crippen molar-refractivity contribution in [3.05, 3.63) is 11.8 Å². The first kappa shape index (κ1) is 10.6. The minimum absolute atomic E-state index is 0.174. The van der Waals surface area contributed by atoms with Gasteiger partial charge in [0.15, 0.2) is 11.8 Å². The number of alkyl halides is 2. The van der Waals surface area contributed by atoms with Crippen molar-refractivity contribution in [1.82, 2.24) is 5.32 Å². The Balaban J connectivity index is 2.76. The third-order valence-corrected chi connectivity index (χ3v) is 1.83. The molecule has 0 amide bonds. The fourth-order valence-electron chi connectivity index (χ4n) is 1.09. The number of rotatable bonds is 2. The number of carbonyl (C=O) groups is 2. The standard InChI is InChI=1S/C8H9F2NO3/c1-14-8(13)6-5(12)3-2-4(11-6)7(9)10/h2,6-7,11H,3H2,1H3. The third kappa shape index (κ3) is 2.07. The highest BCUT2D eigenvalue weighted by atomic mass is 19.3. The molecule has 1 unspecified atom stereocenters. The van der Waals surface area contributed by atoms with E-state index in [9.17, 15) is 18.4 Å². The van der Waals surface area contributed by atoms with Crippen LogP contribution in [-0.2, 0) is 14.3 Å². The lowest BCUT2D eigenvalue weighted by Gasteiger charge is -2.21. The van der Waals surface area contributed by atoms with Crippen LogP contribution in [0.4, 0.5) is 8.78 Å². The molecule has 0 bridgehead atoms. The number of esters is 1. The fraction of sp³-hybridized carbons (Fsp3) is 0.500. The van der Waals surface area contributed by atoms with E-state index in [0.29, 0.717) is 0 Å². The number of nitrogens with one attached hydrogen (secondary N) is 1. The summed E-state index contributed by atoms with van der Waals surface area (Å²) >= 11 is 0. The van der Waals surface area contributed by atoms with Crippen molar-refractivity contribution >= 4 is 11.8 Å². The molecule has 1 aliphatic rings. The van der Waals surface area contributed by atoms with Gasteiger partial charge in [0.25, 0.3) is 6.43 Å². The zero-order valence-electron chi connectivity index (χ0n) is 7.42. The predicted octanol–water partition coefficient (Wildman–Crippen LogP) is 0.239. The molecule has 0 aromatic rings. The summed E-state index contributed by atoms with van der Waals surface area (Å²) in [7, 11) is 1.09. The highest BCUT2D eigenvalue weighted by Gasteiger charge is 2.32. The molecule has 0 aliphatic carbocycles. The number of halogens is 2. The molecule has 1 aliphatic heterocycles. The second-order valence-electron chi connectivity index (χ2n) is 2.73. The van der Waals surface area contributed by atoms with Gasteiger partial charge in [0, 0.05) is 6.42 Å². The van der Waals surface area contributed by atoms with Gasteiger partial charge in [0.05, 0.1) is 12.8 Å². The Morgan fingerprint density at radius 2 is 2.36 bits per heavy atom. The van der Waals surface area contributed by atoms with Gasteiger partial charge < -0.3 is 10.1 Å². The van der Waals surface area contributed by atoms with Crippen LogP contribution in [0, 0.1) is 0 Å². The Bertz CT molecular complexity index is 288. The number of hydrogen-bond donors (Lipinski definition) is 1. The van der Waals surface area contributed by atoms with Crippen molar-refractivity contribution in [3.63, 3.8) is 0 Å². The maximum atomic E-state index is 12.2. The van der Waals surface area contributed by atoms with E-state index < -0.39 is 29.9 Å². The first-order valence-electron chi connectivity index (χ1n) is 3.91. The number of ether oxygens (including phenoxy) is 1. The monoisotopic (exact) mass is 205 g/mol. The van der Waals surface area contributed by atoms with E-state index in [2.05, 4.69) is 10.1 Å². The largest absolute Gasteiger partial charge is 0.467 e. The molecule has 1 N–H and O–H groups in total. The quantitative estimate of drug-likeness (QED) is 0.518. The molecule has 0 saturated carbocycles. The lowest BCUT2D eigenvalue weighted by atomic mass is 10.0. The van der Waals surface area contributed by atoms with Crippen LogP contribution in [0.5, 0.6) is 0 Å². The molecule has 0 aromatic heterocycles. The molecule has 1 rings (SSSR count). The van der Waals surface area contributed by atoms with Crippen molar-refractivity contribution < 1.29 is 23.1 Å². The topological polar surface area (TPSA) is 55.4 Å². The molecule has 0 radical (unpaired) electrons. The summed E-state index contributed by atoms with van der Waals surface area (Å²) in [5.41, 5.74) is -0.403. The number of ketones is 1. The summed E-state index contributed by atoms with van der Waals surface area (Å²) in [6.45, 7) is 0. The zero-order chi connectivity index (χ0) is 10.7. The van der Waals surface area contributed by atoms with Crippen LogP contribution in [-0.4, -0.2) is 31.3 Å². The van der Waals surface area contributed by atoms with E-state index >= 15 is 0 Å². The van der Waals surface area contributed by atoms with Crippen LogP contribution in [0.3, 0.4) is 0 Å². The zero-order valence-corrected chi connectivity index (χ0v) is 7.42. The Hall–Kier alpha value is -1.46. The number of hydrogen-bond acceptors (Lipinski definition) is 4. The lowest BCUT2D eigenvalue weighted by molar-refractivity contribution is -0.146.